The summed E-state index contributed by atoms with van der Waals surface area (Å²) in [7, 11) is 1.53. The molecule has 0 radical (unpaired) electrons. The van der Waals surface area contributed by atoms with Gasteiger partial charge in [-0.1, -0.05) is 24.3 Å². The molecule has 2 aromatic heterocycles. The van der Waals surface area contributed by atoms with Crippen LogP contribution >= 0.6 is 0 Å². The van der Waals surface area contributed by atoms with E-state index < -0.39 is 23.5 Å². The lowest BCUT2D eigenvalue weighted by Crippen LogP contribution is -2.32. The number of methoxy groups -OCH3 is 1. The number of nitrogens with zero attached hydrogens (tertiary/aromatic N) is 3. The van der Waals surface area contributed by atoms with Crippen LogP contribution in [0.15, 0.2) is 83.0 Å². The molecule has 1 unspecified atom stereocenters. The number of carbonyl (C=O) groups is 2. The summed E-state index contributed by atoms with van der Waals surface area (Å²) in [6, 6.07) is 13.3. The highest BCUT2D eigenvalue weighted by Gasteiger charge is 2.44. The SMILES string of the molecule is CCOc1ccc(C2C(C(=O)c3cc4ccccc4o3)=C(O)C(=O)N2CCCn2ccnc2)cc1OC. The molecular weight excluding hydrogens is 474 g/mol. The average molecular weight is 502 g/mol. The van der Waals surface area contributed by atoms with Gasteiger partial charge in [-0.3, -0.25) is 9.59 Å². The predicted molar refractivity (Wildman–Crippen MR) is 136 cm³/mol. The van der Waals surface area contributed by atoms with E-state index in [1.807, 2.05) is 35.9 Å². The van der Waals surface area contributed by atoms with Gasteiger partial charge >= 0.3 is 0 Å². The Morgan fingerprint density at radius 2 is 1.97 bits per heavy atom. The van der Waals surface area contributed by atoms with Gasteiger partial charge in [0.2, 0.25) is 5.78 Å². The fourth-order valence-electron chi connectivity index (χ4n) is 4.66. The number of carbonyl (C=O) groups excluding carboxylic acids is 2. The molecule has 9 heteroatoms. The van der Waals surface area contributed by atoms with Crippen molar-refractivity contribution in [3.8, 4) is 11.5 Å². The van der Waals surface area contributed by atoms with Gasteiger partial charge in [0.25, 0.3) is 5.91 Å². The first kappa shape index (κ1) is 24.2. The number of para-hydroxylation sites is 1. The van der Waals surface area contributed by atoms with Gasteiger partial charge in [-0.05, 0) is 43.2 Å². The van der Waals surface area contributed by atoms with Crippen molar-refractivity contribution in [3.63, 3.8) is 0 Å². The van der Waals surface area contributed by atoms with E-state index in [0.717, 1.165) is 5.39 Å². The molecule has 5 rings (SSSR count). The van der Waals surface area contributed by atoms with Crippen LogP contribution in [0, 0.1) is 0 Å². The monoisotopic (exact) mass is 501 g/mol. The summed E-state index contributed by atoms with van der Waals surface area (Å²) < 4.78 is 18.9. The molecule has 4 aromatic rings. The van der Waals surface area contributed by atoms with E-state index in [4.69, 9.17) is 13.9 Å². The Kier molecular flexibility index (Phi) is 6.68. The number of ether oxygens (including phenoxy) is 2. The zero-order valence-corrected chi connectivity index (χ0v) is 20.6. The third kappa shape index (κ3) is 4.55. The lowest BCUT2D eigenvalue weighted by atomic mass is 9.94. The van der Waals surface area contributed by atoms with Crippen molar-refractivity contribution in [3.05, 3.63) is 89.9 Å². The molecule has 1 aliphatic rings. The van der Waals surface area contributed by atoms with Gasteiger partial charge in [0.05, 0.1) is 31.7 Å². The molecule has 37 heavy (non-hydrogen) atoms. The molecule has 0 aliphatic carbocycles. The van der Waals surface area contributed by atoms with Crippen LogP contribution in [0.1, 0.15) is 35.5 Å². The fraction of sp³-hybridized carbons (Fsp3) is 0.250. The van der Waals surface area contributed by atoms with E-state index in [2.05, 4.69) is 4.98 Å². The van der Waals surface area contributed by atoms with E-state index in [1.165, 1.54) is 12.0 Å². The molecule has 0 spiro atoms. The Morgan fingerprint density at radius 1 is 1.14 bits per heavy atom. The van der Waals surface area contributed by atoms with Crippen molar-refractivity contribution < 1.29 is 28.6 Å². The Labute approximate surface area is 213 Å². The standard InChI is InChI=1S/C28H27N3O6/c1-3-36-21-10-9-19(16-22(21)35-2)25-24(26(32)23-15-18-7-4-5-8-20(18)37-23)27(33)28(34)31(25)13-6-12-30-14-11-29-17-30/h4-5,7-11,14-17,25,33H,3,6,12-13H2,1-2H3. The van der Waals surface area contributed by atoms with Crippen LogP contribution in [-0.2, 0) is 11.3 Å². The molecule has 1 atom stereocenters. The smallest absolute Gasteiger partial charge is 0.290 e. The highest BCUT2D eigenvalue weighted by molar-refractivity contribution is 6.16. The van der Waals surface area contributed by atoms with Crippen molar-refractivity contribution in [2.45, 2.75) is 25.9 Å². The molecule has 190 valence electrons. The third-order valence-electron chi connectivity index (χ3n) is 6.38. The third-order valence-corrected chi connectivity index (χ3v) is 6.38. The Bertz CT molecular complexity index is 1440. The number of ketones is 1. The van der Waals surface area contributed by atoms with Crippen LogP contribution in [-0.4, -0.2) is 51.5 Å². The van der Waals surface area contributed by atoms with Crippen LogP contribution in [0.3, 0.4) is 0 Å². The molecule has 2 aromatic carbocycles. The number of rotatable bonds is 10. The van der Waals surface area contributed by atoms with Crippen LogP contribution in [0.5, 0.6) is 11.5 Å². The minimum absolute atomic E-state index is 0.0297. The molecule has 1 amide bonds. The summed E-state index contributed by atoms with van der Waals surface area (Å²) in [5, 5.41) is 11.7. The Hall–Kier alpha value is -4.53. The van der Waals surface area contributed by atoms with E-state index in [0.29, 0.717) is 48.8 Å². The van der Waals surface area contributed by atoms with E-state index in [9.17, 15) is 14.7 Å². The summed E-state index contributed by atoms with van der Waals surface area (Å²) >= 11 is 0. The van der Waals surface area contributed by atoms with Gasteiger partial charge in [0.15, 0.2) is 23.0 Å². The average Bonchev–Trinajstić information content (AvgIpc) is 3.64. The van der Waals surface area contributed by atoms with Crippen molar-refractivity contribution in [1.29, 1.82) is 0 Å². The molecule has 0 saturated heterocycles. The van der Waals surface area contributed by atoms with Gasteiger partial charge in [-0.15, -0.1) is 0 Å². The van der Waals surface area contributed by atoms with Crippen LogP contribution < -0.4 is 9.47 Å². The number of imidazole rings is 1. The number of hydrogen-bond donors (Lipinski definition) is 1. The number of amides is 1. The topological polar surface area (TPSA) is 107 Å². The van der Waals surface area contributed by atoms with Crippen molar-refractivity contribution in [2.24, 2.45) is 0 Å². The van der Waals surface area contributed by atoms with Crippen molar-refractivity contribution in [2.75, 3.05) is 20.3 Å². The normalized spacial score (nSPS) is 15.6. The summed E-state index contributed by atoms with van der Waals surface area (Å²) in [5.74, 6) is -0.667. The largest absolute Gasteiger partial charge is 0.503 e. The number of aliphatic hydroxyl groups is 1. The van der Waals surface area contributed by atoms with Crippen LogP contribution in [0.2, 0.25) is 0 Å². The number of furan rings is 1. The zero-order valence-electron chi connectivity index (χ0n) is 20.6. The highest BCUT2D eigenvalue weighted by atomic mass is 16.5. The second-order valence-corrected chi connectivity index (χ2v) is 8.64. The van der Waals surface area contributed by atoms with Crippen LogP contribution in [0.25, 0.3) is 11.0 Å². The number of fused-ring (bicyclic) bond motifs is 1. The predicted octanol–water partition coefficient (Wildman–Crippen LogP) is 4.71. The van der Waals surface area contributed by atoms with Gasteiger partial charge in [-0.2, -0.15) is 0 Å². The maximum Gasteiger partial charge on any atom is 0.290 e. The van der Waals surface area contributed by atoms with Crippen molar-refractivity contribution in [1.82, 2.24) is 14.5 Å². The fourth-order valence-corrected chi connectivity index (χ4v) is 4.66. The first-order chi connectivity index (χ1) is 18.0. The second kappa shape index (κ2) is 10.2. The van der Waals surface area contributed by atoms with Gasteiger partial charge in [-0.25, -0.2) is 4.98 Å². The Morgan fingerprint density at radius 3 is 2.70 bits per heavy atom. The lowest BCUT2D eigenvalue weighted by Gasteiger charge is -2.27. The summed E-state index contributed by atoms with van der Waals surface area (Å²) in [6.07, 6.45) is 5.82. The van der Waals surface area contributed by atoms with Crippen LogP contribution in [0.4, 0.5) is 0 Å². The minimum Gasteiger partial charge on any atom is -0.503 e. The van der Waals surface area contributed by atoms with E-state index in [1.54, 1.807) is 42.9 Å². The number of aryl methyl sites for hydroxylation is 1. The number of aliphatic hydroxyl groups excluding tert-OH is 1. The molecule has 1 aliphatic heterocycles. The van der Waals surface area contributed by atoms with Gasteiger partial charge in [0, 0.05) is 30.9 Å². The van der Waals surface area contributed by atoms with Gasteiger partial charge < -0.3 is 28.5 Å². The molecule has 0 bridgehead atoms. The molecule has 3 heterocycles. The summed E-state index contributed by atoms with van der Waals surface area (Å²) in [4.78, 5) is 32.6. The second-order valence-electron chi connectivity index (χ2n) is 8.64. The maximum absolute atomic E-state index is 13.7. The molecule has 1 N–H and O–H groups in total. The summed E-state index contributed by atoms with van der Waals surface area (Å²) in [6.45, 7) is 3.25. The van der Waals surface area contributed by atoms with E-state index >= 15 is 0 Å². The van der Waals surface area contributed by atoms with E-state index in [-0.39, 0.29) is 11.3 Å². The van der Waals surface area contributed by atoms with Crippen molar-refractivity contribution >= 4 is 22.7 Å². The first-order valence-electron chi connectivity index (χ1n) is 12.1. The molecule has 0 saturated carbocycles. The highest BCUT2D eigenvalue weighted by Crippen LogP contribution is 2.42. The number of benzene rings is 2. The number of Topliss-reactive ketones (excluding diaryl/α,β-unsaturated/α-hetero) is 1. The molecule has 9 nitrogen and oxygen atoms in total. The lowest BCUT2D eigenvalue weighted by molar-refractivity contribution is -0.129. The number of aromatic nitrogens is 2. The minimum atomic E-state index is -0.833. The van der Waals surface area contributed by atoms with Gasteiger partial charge in [0.1, 0.15) is 5.58 Å². The first-order valence-corrected chi connectivity index (χ1v) is 12.1. The maximum atomic E-state index is 13.7. The quantitative estimate of drug-likeness (QED) is 0.314. The molecule has 0 fully saturated rings. The zero-order chi connectivity index (χ0) is 25.9. The summed E-state index contributed by atoms with van der Waals surface area (Å²) in [5.41, 5.74) is 1.13. The Balaban J connectivity index is 1.53. The molecular formula is C28H27N3O6. The number of hydrogen-bond acceptors (Lipinski definition) is 7.